The topological polar surface area (TPSA) is 44.4 Å². The largest absolute Gasteiger partial charge is 0.355 e. The zero-order valence-corrected chi connectivity index (χ0v) is 11.6. The van der Waals surface area contributed by atoms with E-state index in [9.17, 15) is 4.79 Å². The number of amides is 1. The molecule has 19 heavy (non-hydrogen) atoms. The number of rotatable bonds is 5. The van der Waals surface area contributed by atoms with Crippen LogP contribution >= 0.6 is 0 Å². The maximum absolute atomic E-state index is 11.8. The Morgan fingerprint density at radius 3 is 2.89 bits per heavy atom. The van der Waals surface area contributed by atoms with Gasteiger partial charge in [-0.25, -0.2) is 0 Å². The van der Waals surface area contributed by atoms with Crippen molar-refractivity contribution in [3.8, 4) is 0 Å². The molecule has 0 saturated carbocycles. The molecule has 1 aromatic rings. The van der Waals surface area contributed by atoms with Gasteiger partial charge in [-0.3, -0.25) is 9.69 Å². The fourth-order valence-electron chi connectivity index (χ4n) is 2.36. The minimum Gasteiger partial charge on any atom is -0.355 e. The van der Waals surface area contributed by atoms with E-state index < -0.39 is 0 Å². The van der Waals surface area contributed by atoms with Gasteiger partial charge in [0.25, 0.3) is 0 Å². The van der Waals surface area contributed by atoms with Crippen molar-refractivity contribution in [3.63, 3.8) is 0 Å². The van der Waals surface area contributed by atoms with Crippen molar-refractivity contribution in [1.29, 1.82) is 0 Å². The summed E-state index contributed by atoms with van der Waals surface area (Å²) in [7, 11) is 0. The van der Waals surface area contributed by atoms with Crippen molar-refractivity contribution in [2.75, 3.05) is 39.3 Å². The summed E-state index contributed by atoms with van der Waals surface area (Å²) in [4.78, 5) is 14.2. The van der Waals surface area contributed by atoms with Gasteiger partial charge >= 0.3 is 0 Å². The van der Waals surface area contributed by atoms with Crippen molar-refractivity contribution in [3.05, 3.63) is 35.4 Å². The summed E-state index contributed by atoms with van der Waals surface area (Å²) in [5.41, 5.74) is 2.28. The molecule has 0 spiro atoms. The van der Waals surface area contributed by atoms with Crippen molar-refractivity contribution in [2.24, 2.45) is 0 Å². The summed E-state index contributed by atoms with van der Waals surface area (Å²) in [6.07, 6.45) is 0.475. The Morgan fingerprint density at radius 2 is 2.16 bits per heavy atom. The van der Waals surface area contributed by atoms with Crippen LogP contribution in [0, 0.1) is 6.92 Å². The number of piperazine rings is 1. The number of benzene rings is 1. The molecule has 1 heterocycles. The van der Waals surface area contributed by atoms with Crippen LogP contribution in [0.1, 0.15) is 11.1 Å². The Balaban J connectivity index is 1.67. The maximum Gasteiger partial charge on any atom is 0.224 e. The van der Waals surface area contributed by atoms with Crippen LogP contribution < -0.4 is 10.6 Å². The third-order valence-electron chi connectivity index (χ3n) is 3.41. The summed E-state index contributed by atoms with van der Waals surface area (Å²) >= 11 is 0. The van der Waals surface area contributed by atoms with Crippen LogP contribution in [0.2, 0.25) is 0 Å². The smallest absolute Gasteiger partial charge is 0.224 e. The summed E-state index contributed by atoms with van der Waals surface area (Å²) in [6.45, 7) is 7.99. The zero-order valence-electron chi connectivity index (χ0n) is 11.6. The molecule has 0 aliphatic carbocycles. The molecule has 4 nitrogen and oxygen atoms in total. The molecule has 0 radical (unpaired) electrons. The van der Waals surface area contributed by atoms with Crippen LogP contribution in [0.3, 0.4) is 0 Å². The van der Waals surface area contributed by atoms with Gasteiger partial charge in [-0.15, -0.1) is 0 Å². The van der Waals surface area contributed by atoms with Gasteiger partial charge in [0.2, 0.25) is 5.91 Å². The molecular formula is C15H23N3O. The number of hydrogen-bond donors (Lipinski definition) is 2. The van der Waals surface area contributed by atoms with E-state index in [4.69, 9.17) is 0 Å². The van der Waals surface area contributed by atoms with Crippen molar-refractivity contribution in [1.82, 2.24) is 15.5 Å². The highest BCUT2D eigenvalue weighted by Gasteiger charge is 2.09. The molecule has 1 saturated heterocycles. The van der Waals surface area contributed by atoms with Crippen LogP contribution in [0.4, 0.5) is 0 Å². The maximum atomic E-state index is 11.8. The third kappa shape index (κ3) is 5.01. The summed E-state index contributed by atoms with van der Waals surface area (Å²) in [5.74, 6) is 0.112. The highest BCUT2D eigenvalue weighted by molar-refractivity contribution is 5.78. The lowest BCUT2D eigenvalue weighted by atomic mass is 10.1. The van der Waals surface area contributed by atoms with Crippen LogP contribution in [-0.2, 0) is 11.2 Å². The molecule has 1 fully saturated rings. The molecule has 4 heteroatoms. The van der Waals surface area contributed by atoms with Gasteiger partial charge in [0.05, 0.1) is 6.42 Å². The SMILES string of the molecule is Cc1cccc(CC(=O)NCCN2CCNCC2)c1. The molecule has 1 aromatic carbocycles. The van der Waals surface area contributed by atoms with Gasteiger partial charge in [0.15, 0.2) is 0 Å². The van der Waals surface area contributed by atoms with E-state index in [2.05, 4.69) is 21.6 Å². The molecule has 2 rings (SSSR count). The van der Waals surface area contributed by atoms with E-state index in [1.807, 2.05) is 25.1 Å². The Morgan fingerprint density at radius 1 is 1.37 bits per heavy atom. The molecule has 0 aromatic heterocycles. The number of hydrogen-bond acceptors (Lipinski definition) is 3. The summed E-state index contributed by atoms with van der Waals surface area (Å²) in [6, 6.07) is 8.11. The van der Waals surface area contributed by atoms with E-state index in [1.165, 1.54) is 5.56 Å². The third-order valence-corrected chi connectivity index (χ3v) is 3.41. The summed E-state index contributed by atoms with van der Waals surface area (Å²) < 4.78 is 0. The second-order valence-corrected chi connectivity index (χ2v) is 5.11. The second kappa shape index (κ2) is 7.26. The number of nitrogens with zero attached hydrogens (tertiary/aromatic N) is 1. The minimum atomic E-state index is 0.112. The first-order valence-electron chi connectivity index (χ1n) is 6.99. The van der Waals surface area contributed by atoms with E-state index in [-0.39, 0.29) is 5.91 Å². The van der Waals surface area contributed by atoms with Crippen molar-refractivity contribution >= 4 is 5.91 Å². The Bertz CT molecular complexity index is 414. The van der Waals surface area contributed by atoms with Crippen molar-refractivity contribution < 1.29 is 4.79 Å². The van der Waals surface area contributed by atoms with Crippen LogP contribution in [0.25, 0.3) is 0 Å². The molecule has 1 aliphatic heterocycles. The molecule has 0 bridgehead atoms. The van der Waals surface area contributed by atoms with Gasteiger partial charge in [0.1, 0.15) is 0 Å². The van der Waals surface area contributed by atoms with Gasteiger partial charge in [-0.2, -0.15) is 0 Å². The quantitative estimate of drug-likeness (QED) is 0.814. The lowest BCUT2D eigenvalue weighted by Crippen LogP contribution is -2.46. The first-order valence-corrected chi connectivity index (χ1v) is 6.99. The lowest BCUT2D eigenvalue weighted by molar-refractivity contribution is -0.120. The average Bonchev–Trinajstić information content (AvgIpc) is 2.40. The Hall–Kier alpha value is -1.39. The van der Waals surface area contributed by atoms with Crippen LogP contribution in [0.15, 0.2) is 24.3 Å². The minimum absolute atomic E-state index is 0.112. The molecule has 104 valence electrons. The highest BCUT2D eigenvalue weighted by atomic mass is 16.1. The Kier molecular flexibility index (Phi) is 5.36. The molecule has 1 aliphatic rings. The van der Waals surface area contributed by atoms with Gasteiger partial charge in [0, 0.05) is 39.3 Å². The molecule has 0 unspecified atom stereocenters. The monoisotopic (exact) mass is 261 g/mol. The van der Waals surface area contributed by atoms with Crippen LogP contribution in [-0.4, -0.2) is 50.1 Å². The molecule has 1 amide bonds. The number of carbonyl (C=O) groups is 1. The fraction of sp³-hybridized carbons (Fsp3) is 0.533. The van der Waals surface area contributed by atoms with Gasteiger partial charge in [-0.05, 0) is 12.5 Å². The lowest BCUT2D eigenvalue weighted by Gasteiger charge is -2.27. The van der Waals surface area contributed by atoms with Crippen LogP contribution in [0.5, 0.6) is 0 Å². The second-order valence-electron chi connectivity index (χ2n) is 5.11. The average molecular weight is 261 g/mol. The van der Waals surface area contributed by atoms with E-state index in [0.29, 0.717) is 6.42 Å². The fourth-order valence-corrected chi connectivity index (χ4v) is 2.36. The van der Waals surface area contributed by atoms with Gasteiger partial charge < -0.3 is 10.6 Å². The first-order chi connectivity index (χ1) is 9.24. The Labute approximate surface area is 115 Å². The highest BCUT2D eigenvalue weighted by Crippen LogP contribution is 2.04. The van der Waals surface area contributed by atoms with E-state index in [1.54, 1.807) is 0 Å². The predicted octanol–water partition coefficient (Wildman–Crippen LogP) is 0.559. The zero-order chi connectivity index (χ0) is 13.5. The first kappa shape index (κ1) is 14.0. The normalized spacial score (nSPS) is 16.3. The molecule has 2 N–H and O–H groups in total. The van der Waals surface area contributed by atoms with E-state index >= 15 is 0 Å². The van der Waals surface area contributed by atoms with Crippen molar-refractivity contribution in [2.45, 2.75) is 13.3 Å². The summed E-state index contributed by atoms with van der Waals surface area (Å²) in [5, 5.41) is 6.32. The number of carbonyl (C=O) groups excluding carboxylic acids is 1. The van der Waals surface area contributed by atoms with E-state index in [0.717, 1.165) is 44.8 Å². The predicted molar refractivity (Wildman–Crippen MR) is 77.2 cm³/mol. The molecule has 0 atom stereocenters. The number of nitrogens with one attached hydrogen (secondary N) is 2. The molecular weight excluding hydrogens is 238 g/mol. The standard InChI is InChI=1S/C15H23N3O/c1-13-3-2-4-14(11-13)12-15(19)17-7-10-18-8-5-16-6-9-18/h2-4,11,16H,5-10,12H2,1H3,(H,17,19). The van der Waals surface area contributed by atoms with Gasteiger partial charge in [-0.1, -0.05) is 29.8 Å². The number of aryl methyl sites for hydroxylation is 1.